The van der Waals surface area contributed by atoms with E-state index in [0.29, 0.717) is 18.0 Å². The molecule has 0 saturated heterocycles. The molecule has 5 heteroatoms. The minimum absolute atomic E-state index is 0.0997. The van der Waals surface area contributed by atoms with Crippen molar-refractivity contribution in [2.45, 2.75) is 32.6 Å². The van der Waals surface area contributed by atoms with Crippen LogP contribution in [0.3, 0.4) is 0 Å². The number of rotatable bonds is 7. The van der Waals surface area contributed by atoms with Crippen molar-refractivity contribution in [1.82, 2.24) is 10.3 Å². The van der Waals surface area contributed by atoms with Gasteiger partial charge in [0.25, 0.3) is 0 Å². The van der Waals surface area contributed by atoms with Crippen molar-refractivity contribution < 1.29 is 13.6 Å². The molecule has 142 valence electrons. The predicted molar refractivity (Wildman–Crippen MR) is 104 cm³/mol. The highest BCUT2D eigenvalue weighted by Gasteiger charge is 2.24. The molecule has 0 fully saturated rings. The van der Waals surface area contributed by atoms with Gasteiger partial charge in [0.15, 0.2) is 0 Å². The second-order valence-electron chi connectivity index (χ2n) is 7.24. The van der Waals surface area contributed by atoms with E-state index in [4.69, 9.17) is 0 Å². The lowest BCUT2D eigenvalue weighted by atomic mass is 9.87. The molecule has 0 saturated carbocycles. The minimum Gasteiger partial charge on any atom is -0.361 e. The van der Waals surface area contributed by atoms with E-state index < -0.39 is 17.6 Å². The number of carbonyl (C=O) groups is 1. The second kappa shape index (κ2) is 8.33. The third kappa shape index (κ3) is 4.54. The van der Waals surface area contributed by atoms with E-state index in [0.717, 1.165) is 29.0 Å². The fraction of sp³-hybridized carbons (Fsp3) is 0.318. The maximum Gasteiger partial charge on any atom is 0.220 e. The topological polar surface area (TPSA) is 44.9 Å². The molecule has 3 nitrogen and oxygen atoms in total. The standard InChI is InChI=1S/C22H24F2N2O/c1-14(2)9-10-25-22(27)12-18(16-8-7-15(23)11-20(16)24)19-13-26-21-6-4-3-5-17(19)21/h3-8,11,13-14,18,26H,9-10,12H2,1-2H3,(H,25,27). The quantitative estimate of drug-likeness (QED) is 0.595. The second-order valence-corrected chi connectivity index (χ2v) is 7.24. The Bertz CT molecular complexity index is 933. The smallest absolute Gasteiger partial charge is 0.220 e. The number of H-pyrrole nitrogens is 1. The minimum atomic E-state index is -0.639. The Morgan fingerprint density at radius 2 is 1.89 bits per heavy atom. The van der Waals surface area contributed by atoms with Gasteiger partial charge in [0, 0.05) is 42.0 Å². The van der Waals surface area contributed by atoms with Crippen molar-refractivity contribution in [3.8, 4) is 0 Å². The number of hydrogen-bond donors (Lipinski definition) is 2. The Labute approximate surface area is 157 Å². The number of aromatic amines is 1. The first kappa shape index (κ1) is 19.1. The molecule has 0 bridgehead atoms. The van der Waals surface area contributed by atoms with Crippen LogP contribution in [-0.4, -0.2) is 17.4 Å². The zero-order valence-electron chi connectivity index (χ0n) is 15.6. The van der Waals surface area contributed by atoms with Gasteiger partial charge in [0.2, 0.25) is 5.91 Å². The van der Waals surface area contributed by atoms with Crippen LogP contribution in [0.25, 0.3) is 10.9 Å². The third-order valence-corrected chi connectivity index (χ3v) is 4.77. The monoisotopic (exact) mass is 370 g/mol. The fourth-order valence-corrected chi connectivity index (χ4v) is 3.31. The van der Waals surface area contributed by atoms with Crippen LogP contribution in [0.4, 0.5) is 8.78 Å². The largest absolute Gasteiger partial charge is 0.361 e. The maximum atomic E-state index is 14.5. The fourth-order valence-electron chi connectivity index (χ4n) is 3.31. The van der Waals surface area contributed by atoms with Crippen LogP contribution in [0, 0.1) is 17.6 Å². The third-order valence-electron chi connectivity index (χ3n) is 4.77. The summed E-state index contributed by atoms with van der Waals surface area (Å²) in [4.78, 5) is 15.7. The lowest BCUT2D eigenvalue weighted by molar-refractivity contribution is -0.121. The number of amides is 1. The van der Waals surface area contributed by atoms with Gasteiger partial charge in [-0.05, 0) is 35.6 Å². The van der Waals surface area contributed by atoms with Gasteiger partial charge in [-0.2, -0.15) is 0 Å². The molecule has 3 aromatic rings. The van der Waals surface area contributed by atoms with E-state index in [-0.39, 0.29) is 12.3 Å². The summed E-state index contributed by atoms with van der Waals surface area (Å²) < 4.78 is 27.9. The zero-order valence-corrected chi connectivity index (χ0v) is 15.6. The summed E-state index contributed by atoms with van der Waals surface area (Å²) in [5.74, 6) is -1.42. The van der Waals surface area contributed by atoms with Gasteiger partial charge in [-0.1, -0.05) is 38.1 Å². The number of halogens is 2. The van der Waals surface area contributed by atoms with Crippen LogP contribution in [0.2, 0.25) is 0 Å². The van der Waals surface area contributed by atoms with E-state index in [9.17, 15) is 13.6 Å². The molecule has 0 spiro atoms. The predicted octanol–water partition coefficient (Wildman–Crippen LogP) is 5.13. The molecule has 1 aromatic heterocycles. The highest BCUT2D eigenvalue weighted by atomic mass is 19.1. The van der Waals surface area contributed by atoms with Crippen molar-refractivity contribution >= 4 is 16.8 Å². The normalized spacial score (nSPS) is 12.5. The number of carbonyl (C=O) groups excluding carboxylic acids is 1. The average molecular weight is 370 g/mol. The van der Waals surface area contributed by atoms with Crippen molar-refractivity contribution in [1.29, 1.82) is 0 Å². The summed E-state index contributed by atoms with van der Waals surface area (Å²) in [6.45, 7) is 4.77. The Morgan fingerprint density at radius 3 is 2.63 bits per heavy atom. The van der Waals surface area contributed by atoms with Crippen LogP contribution in [0.15, 0.2) is 48.7 Å². The van der Waals surface area contributed by atoms with Crippen molar-refractivity contribution in [3.63, 3.8) is 0 Å². The lowest BCUT2D eigenvalue weighted by Crippen LogP contribution is -2.27. The number of nitrogens with one attached hydrogen (secondary N) is 2. The van der Waals surface area contributed by atoms with Crippen LogP contribution in [0.5, 0.6) is 0 Å². The van der Waals surface area contributed by atoms with Gasteiger partial charge < -0.3 is 10.3 Å². The Balaban J connectivity index is 1.93. The summed E-state index contributed by atoms with van der Waals surface area (Å²) >= 11 is 0. The molecule has 2 aromatic carbocycles. The molecule has 1 atom stereocenters. The van der Waals surface area contributed by atoms with Gasteiger partial charge in [0.1, 0.15) is 11.6 Å². The number of aromatic nitrogens is 1. The molecular formula is C22H24F2N2O. The van der Waals surface area contributed by atoms with Gasteiger partial charge >= 0.3 is 0 Å². The number of para-hydroxylation sites is 1. The van der Waals surface area contributed by atoms with E-state index in [1.807, 2.05) is 24.3 Å². The van der Waals surface area contributed by atoms with Crippen LogP contribution >= 0.6 is 0 Å². The summed E-state index contributed by atoms with van der Waals surface area (Å²) in [7, 11) is 0. The maximum absolute atomic E-state index is 14.5. The lowest BCUT2D eigenvalue weighted by Gasteiger charge is -2.18. The van der Waals surface area contributed by atoms with E-state index in [2.05, 4.69) is 24.1 Å². The summed E-state index contributed by atoms with van der Waals surface area (Å²) in [5.41, 5.74) is 2.07. The Kier molecular flexibility index (Phi) is 5.89. The van der Waals surface area contributed by atoms with Crippen LogP contribution in [0.1, 0.15) is 43.7 Å². The highest BCUT2D eigenvalue weighted by molar-refractivity contribution is 5.86. The molecule has 27 heavy (non-hydrogen) atoms. The number of fused-ring (bicyclic) bond motifs is 1. The summed E-state index contributed by atoms with van der Waals surface area (Å²) in [6.07, 6.45) is 2.79. The molecule has 2 N–H and O–H groups in total. The Hall–Kier alpha value is -2.69. The molecule has 0 radical (unpaired) electrons. The average Bonchev–Trinajstić information content (AvgIpc) is 3.04. The number of hydrogen-bond acceptors (Lipinski definition) is 1. The molecule has 0 aliphatic heterocycles. The van der Waals surface area contributed by atoms with Crippen LogP contribution < -0.4 is 5.32 Å². The number of benzene rings is 2. The molecule has 3 rings (SSSR count). The highest BCUT2D eigenvalue weighted by Crippen LogP contribution is 2.34. The van der Waals surface area contributed by atoms with Crippen LogP contribution in [-0.2, 0) is 4.79 Å². The van der Waals surface area contributed by atoms with Gasteiger partial charge in [-0.15, -0.1) is 0 Å². The Morgan fingerprint density at radius 1 is 1.11 bits per heavy atom. The molecule has 1 amide bonds. The van der Waals surface area contributed by atoms with E-state index in [1.54, 1.807) is 6.20 Å². The molecular weight excluding hydrogens is 346 g/mol. The van der Waals surface area contributed by atoms with Gasteiger partial charge in [-0.25, -0.2) is 8.78 Å². The first-order chi connectivity index (χ1) is 13.0. The van der Waals surface area contributed by atoms with Gasteiger partial charge in [-0.3, -0.25) is 4.79 Å². The zero-order chi connectivity index (χ0) is 19.4. The summed E-state index contributed by atoms with van der Waals surface area (Å²) in [6, 6.07) is 11.2. The van der Waals surface area contributed by atoms with Crippen molar-refractivity contribution in [2.24, 2.45) is 5.92 Å². The van der Waals surface area contributed by atoms with Crippen molar-refractivity contribution in [2.75, 3.05) is 6.54 Å². The van der Waals surface area contributed by atoms with E-state index in [1.165, 1.54) is 12.1 Å². The van der Waals surface area contributed by atoms with Crippen molar-refractivity contribution in [3.05, 3.63) is 71.4 Å². The molecule has 1 heterocycles. The molecule has 0 aliphatic rings. The molecule has 1 unspecified atom stereocenters. The van der Waals surface area contributed by atoms with E-state index >= 15 is 0 Å². The summed E-state index contributed by atoms with van der Waals surface area (Å²) in [5, 5.41) is 3.84. The SMILES string of the molecule is CC(C)CCNC(=O)CC(c1ccc(F)cc1F)c1c[nH]c2ccccc12. The van der Waals surface area contributed by atoms with Gasteiger partial charge in [0.05, 0.1) is 0 Å². The first-order valence-electron chi connectivity index (χ1n) is 9.23. The molecule has 0 aliphatic carbocycles. The first-order valence-corrected chi connectivity index (χ1v) is 9.23.